The number of furan rings is 1. The normalized spacial score (nSPS) is 11.8. The van der Waals surface area contributed by atoms with Gasteiger partial charge in [-0.2, -0.15) is 0 Å². The van der Waals surface area contributed by atoms with Crippen molar-refractivity contribution in [2.45, 2.75) is 26.2 Å². The zero-order valence-electron chi connectivity index (χ0n) is 17.6. The third-order valence-corrected chi connectivity index (χ3v) is 5.63. The molecule has 0 fully saturated rings. The molecule has 0 aliphatic carbocycles. The minimum atomic E-state index is 0.0925. The Bertz CT molecular complexity index is 1340. The van der Waals surface area contributed by atoms with Crippen LogP contribution in [0.5, 0.6) is 0 Å². The maximum absolute atomic E-state index is 6.07. The van der Waals surface area contributed by atoms with Crippen LogP contribution in [0.1, 0.15) is 26.3 Å². The van der Waals surface area contributed by atoms with Crippen LogP contribution in [0, 0.1) is 0 Å². The standard InChI is InChI=1S/C28H25NO/c1-28(2,3)20-13-16-25(24(17-20)19-9-5-4-6-10-19)29-21-14-15-23-22-11-7-8-12-26(22)30-27(23)18-21/h4-18,29H,1-3H3. The second-order valence-electron chi connectivity index (χ2n) is 8.81. The Labute approximate surface area is 177 Å². The van der Waals surface area contributed by atoms with Gasteiger partial charge in [-0.1, -0.05) is 75.4 Å². The van der Waals surface area contributed by atoms with Crippen molar-refractivity contribution in [3.8, 4) is 11.1 Å². The summed E-state index contributed by atoms with van der Waals surface area (Å²) in [5, 5.41) is 5.92. The maximum atomic E-state index is 6.07. The highest BCUT2D eigenvalue weighted by atomic mass is 16.3. The molecule has 0 atom stereocenters. The molecule has 1 N–H and O–H groups in total. The second kappa shape index (κ2) is 7.07. The topological polar surface area (TPSA) is 25.2 Å². The highest BCUT2D eigenvalue weighted by Crippen LogP contribution is 2.36. The number of benzene rings is 4. The van der Waals surface area contributed by atoms with Gasteiger partial charge in [0.25, 0.3) is 0 Å². The Hall–Kier alpha value is -3.52. The van der Waals surface area contributed by atoms with Crippen LogP contribution in [0.15, 0.2) is 95.4 Å². The summed E-state index contributed by atoms with van der Waals surface area (Å²) in [5.41, 5.74) is 7.74. The van der Waals surface area contributed by atoms with Crippen LogP contribution in [0.2, 0.25) is 0 Å². The number of nitrogens with one attached hydrogen (secondary N) is 1. The van der Waals surface area contributed by atoms with E-state index in [9.17, 15) is 0 Å². The molecule has 0 spiro atoms. The molecular weight excluding hydrogens is 366 g/mol. The van der Waals surface area contributed by atoms with Crippen molar-refractivity contribution >= 4 is 33.3 Å². The average molecular weight is 392 g/mol. The largest absolute Gasteiger partial charge is 0.456 e. The van der Waals surface area contributed by atoms with Gasteiger partial charge in [0, 0.05) is 33.8 Å². The molecule has 2 heteroatoms. The van der Waals surface area contributed by atoms with E-state index < -0.39 is 0 Å². The molecule has 0 aliphatic heterocycles. The van der Waals surface area contributed by atoms with Crippen molar-refractivity contribution < 1.29 is 4.42 Å². The summed E-state index contributed by atoms with van der Waals surface area (Å²) in [6, 6.07) is 31.8. The van der Waals surface area contributed by atoms with Gasteiger partial charge in [0.2, 0.25) is 0 Å². The maximum Gasteiger partial charge on any atom is 0.137 e. The predicted octanol–water partition coefficient (Wildman–Crippen LogP) is 8.29. The van der Waals surface area contributed by atoms with E-state index in [0.717, 1.165) is 33.3 Å². The third-order valence-electron chi connectivity index (χ3n) is 5.63. The smallest absolute Gasteiger partial charge is 0.137 e. The highest BCUT2D eigenvalue weighted by molar-refractivity contribution is 6.05. The van der Waals surface area contributed by atoms with Gasteiger partial charge in [0.1, 0.15) is 11.2 Å². The van der Waals surface area contributed by atoms with Gasteiger partial charge in [-0.25, -0.2) is 0 Å². The quantitative estimate of drug-likeness (QED) is 0.334. The van der Waals surface area contributed by atoms with E-state index >= 15 is 0 Å². The summed E-state index contributed by atoms with van der Waals surface area (Å²) in [7, 11) is 0. The lowest BCUT2D eigenvalue weighted by molar-refractivity contribution is 0.590. The van der Waals surface area contributed by atoms with E-state index in [1.54, 1.807) is 0 Å². The highest BCUT2D eigenvalue weighted by Gasteiger charge is 2.17. The number of hydrogen-bond donors (Lipinski definition) is 1. The van der Waals surface area contributed by atoms with E-state index in [-0.39, 0.29) is 5.41 Å². The summed E-state index contributed by atoms with van der Waals surface area (Å²) >= 11 is 0. The fourth-order valence-corrected chi connectivity index (χ4v) is 3.94. The summed E-state index contributed by atoms with van der Waals surface area (Å²) in [6.45, 7) is 6.75. The summed E-state index contributed by atoms with van der Waals surface area (Å²) < 4.78 is 6.07. The number of fused-ring (bicyclic) bond motifs is 3. The van der Waals surface area contributed by atoms with Crippen molar-refractivity contribution in [3.05, 3.63) is 96.6 Å². The van der Waals surface area contributed by atoms with E-state index in [0.29, 0.717) is 0 Å². The van der Waals surface area contributed by atoms with Gasteiger partial charge in [-0.05, 0) is 46.9 Å². The Kier molecular flexibility index (Phi) is 4.36. The van der Waals surface area contributed by atoms with Crippen molar-refractivity contribution in [2.24, 2.45) is 0 Å². The minimum Gasteiger partial charge on any atom is -0.456 e. The Morgan fingerprint density at radius 1 is 0.667 bits per heavy atom. The lowest BCUT2D eigenvalue weighted by Gasteiger charge is -2.22. The van der Waals surface area contributed by atoms with Crippen LogP contribution < -0.4 is 5.32 Å². The first-order chi connectivity index (χ1) is 14.5. The van der Waals surface area contributed by atoms with Crippen molar-refractivity contribution in [1.82, 2.24) is 0 Å². The molecule has 30 heavy (non-hydrogen) atoms. The van der Waals surface area contributed by atoms with Crippen molar-refractivity contribution in [2.75, 3.05) is 5.32 Å². The molecule has 0 unspecified atom stereocenters. The van der Waals surface area contributed by atoms with Gasteiger partial charge in [-0.3, -0.25) is 0 Å². The lowest BCUT2D eigenvalue weighted by Crippen LogP contribution is -2.11. The van der Waals surface area contributed by atoms with Gasteiger partial charge >= 0.3 is 0 Å². The van der Waals surface area contributed by atoms with Crippen molar-refractivity contribution in [3.63, 3.8) is 0 Å². The molecule has 1 aromatic heterocycles. The zero-order chi connectivity index (χ0) is 20.7. The minimum absolute atomic E-state index is 0.0925. The monoisotopic (exact) mass is 391 g/mol. The van der Waals surface area contributed by atoms with Crippen LogP contribution in [0.3, 0.4) is 0 Å². The van der Waals surface area contributed by atoms with Gasteiger partial charge in [0.05, 0.1) is 0 Å². The van der Waals surface area contributed by atoms with E-state index in [1.807, 2.05) is 18.2 Å². The number of hydrogen-bond acceptors (Lipinski definition) is 2. The fourth-order valence-electron chi connectivity index (χ4n) is 3.94. The Balaban J connectivity index is 1.59. The molecule has 4 aromatic carbocycles. The average Bonchev–Trinajstić information content (AvgIpc) is 3.11. The van der Waals surface area contributed by atoms with E-state index in [1.165, 1.54) is 16.7 Å². The van der Waals surface area contributed by atoms with Crippen LogP contribution in [-0.4, -0.2) is 0 Å². The molecule has 2 nitrogen and oxygen atoms in total. The SMILES string of the molecule is CC(C)(C)c1ccc(Nc2ccc3c(c2)oc2ccccc23)c(-c2ccccc2)c1. The summed E-state index contributed by atoms with van der Waals surface area (Å²) in [4.78, 5) is 0. The molecule has 1 heterocycles. The summed E-state index contributed by atoms with van der Waals surface area (Å²) in [5.74, 6) is 0. The molecule has 0 radical (unpaired) electrons. The molecule has 0 amide bonds. The van der Waals surface area contributed by atoms with Gasteiger partial charge in [-0.15, -0.1) is 0 Å². The molecule has 0 saturated heterocycles. The molecule has 148 valence electrons. The van der Waals surface area contributed by atoms with Crippen LogP contribution in [-0.2, 0) is 5.41 Å². The van der Waals surface area contributed by atoms with E-state index in [2.05, 4.69) is 98.9 Å². The van der Waals surface area contributed by atoms with Crippen molar-refractivity contribution in [1.29, 1.82) is 0 Å². The fraction of sp³-hybridized carbons (Fsp3) is 0.143. The van der Waals surface area contributed by atoms with Crippen LogP contribution >= 0.6 is 0 Å². The first-order valence-corrected chi connectivity index (χ1v) is 10.4. The van der Waals surface area contributed by atoms with Crippen LogP contribution in [0.4, 0.5) is 11.4 Å². The van der Waals surface area contributed by atoms with E-state index in [4.69, 9.17) is 4.42 Å². The summed E-state index contributed by atoms with van der Waals surface area (Å²) in [6.07, 6.45) is 0. The Morgan fingerprint density at radius 2 is 1.40 bits per heavy atom. The zero-order valence-corrected chi connectivity index (χ0v) is 17.6. The number of para-hydroxylation sites is 1. The second-order valence-corrected chi connectivity index (χ2v) is 8.81. The molecule has 0 bridgehead atoms. The lowest BCUT2D eigenvalue weighted by atomic mass is 9.85. The predicted molar refractivity (Wildman–Crippen MR) is 128 cm³/mol. The number of rotatable bonds is 3. The molecule has 0 saturated carbocycles. The molecule has 0 aliphatic rings. The third kappa shape index (κ3) is 3.35. The first kappa shape index (κ1) is 18.5. The Morgan fingerprint density at radius 3 is 2.20 bits per heavy atom. The molecule has 5 rings (SSSR count). The molecular formula is C28H25NO. The van der Waals surface area contributed by atoms with Crippen LogP contribution in [0.25, 0.3) is 33.1 Å². The first-order valence-electron chi connectivity index (χ1n) is 10.4. The molecule has 5 aromatic rings. The van der Waals surface area contributed by atoms with Gasteiger partial charge in [0.15, 0.2) is 0 Å². The van der Waals surface area contributed by atoms with Gasteiger partial charge < -0.3 is 9.73 Å². The number of anilines is 2.